The molecule has 2 aliphatic heterocycles. The van der Waals surface area contributed by atoms with Gasteiger partial charge in [-0.3, -0.25) is 14.5 Å². The summed E-state index contributed by atoms with van der Waals surface area (Å²) in [5, 5.41) is 8.96. The number of hydrogen-bond donors (Lipinski definition) is 2. The van der Waals surface area contributed by atoms with Gasteiger partial charge in [0.2, 0.25) is 5.91 Å². The molecule has 0 saturated carbocycles. The third-order valence-corrected chi connectivity index (χ3v) is 5.73. The van der Waals surface area contributed by atoms with Gasteiger partial charge in [0.05, 0.1) is 6.04 Å². The highest BCUT2D eigenvalue weighted by Crippen LogP contribution is 2.29. The number of carbonyl (C=O) groups excluding carboxylic acids is 2. The number of amides is 2. The Hall–Kier alpha value is -1.73. The summed E-state index contributed by atoms with van der Waals surface area (Å²) < 4.78 is 0. The lowest BCUT2D eigenvalue weighted by Crippen LogP contribution is -2.44. The number of carbonyl (C=O) groups is 2. The number of hydrazone groups is 1. The molecule has 0 radical (unpaired) electrons. The van der Waals surface area contributed by atoms with Gasteiger partial charge in [0.25, 0.3) is 5.91 Å². The molecule has 7 heteroatoms. The van der Waals surface area contributed by atoms with Crippen LogP contribution in [0.5, 0.6) is 0 Å². The standard InChI is InChI=1S/C17H24N4O2S/c1-12-6-8-21(9-7-12)14(15-3-2-10-24-15)11-18-17(23)13-4-5-16(22)20-19-13/h2-3,10,12,14H,4-9,11H2,1H3,(H,18,23)(H,20,22)/t14-/m1/s1. The number of rotatable bonds is 5. The lowest BCUT2D eigenvalue weighted by atomic mass is 9.97. The maximum absolute atomic E-state index is 12.3. The van der Waals surface area contributed by atoms with Gasteiger partial charge in [0.15, 0.2) is 0 Å². The van der Waals surface area contributed by atoms with E-state index in [1.807, 2.05) is 0 Å². The van der Waals surface area contributed by atoms with Crippen molar-refractivity contribution in [3.05, 3.63) is 22.4 Å². The molecule has 2 aliphatic rings. The van der Waals surface area contributed by atoms with E-state index in [0.717, 1.165) is 19.0 Å². The van der Waals surface area contributed by atoms with Crippen molar-refractivity contribution in [3.63, 3.8) is 0 Å². The molecule has 130 valence electrons. The quantitative estimate of drug-likeness (QED) is 0.853. The van der Waals surface area contributed by atoms with Crippen LogP contribution in [0, 0.1) is 5.92 Å². The van der Waals surface area contributed by atoms with Crippen LogP contribution in [0.3, 0.4) is 0 Å². The summed E-state index contributed by atoms with van der Waals surface area (Å²) in [4.78, 5) is 27.2. The topological polar surface area (TPSA) is 73.8 Å². The summed E-state index contributed by atoms with van der Waals surface area (Å²) in [6, 6.07) is 4.40. The van der Waals surface area contributed by atoms with E-state index in [9.17, 15) is 9.59 Å². The Bertz CT molecular complexity index is 606. The highest BCUT2D eigenvalue weighted by Gasteiger charge is 2.26. The first-order valence-electron chi connectivity index (χ1n) is 8.54. The third-order valence-electron chi connectivity index (χ3n) is 4.75. The summed E-state index contributed by atoms with van der Waals surface area (Å²) in [5.74, 6) is 0.465. The van der Waals surface area contributed by atoms with Crippen LogP contribution in [0.1, 0.15) is 43.5 Å². The number of nitrogens with one attached hydrogen (secondary N) is 2. The van der Waals surface area contributed by atoms with Crippen LogP contribution in [0.4, 0.5) is 0 Å². The average molecular weight is 348 g/mol. The molecule has 3 heterocycles. The molecule has 0 bridgehead atoms. The van der Waals surface area contributed by atoms with Crippen LogP contribution < -0.4 is 10.7 Å². The minimum Gasteiger partial charge on any atom is -0.349 e. The van der Waals surface area contributed by atoms with E-state index in [0.29, 0.717) is 25.1 Å². The normalized spacial score (nSPS) is 21.0. The van der Waals surface area contributed by atoms with Crippen molar-refractivity contribution in [2.45, 2.75) is 38.6 Å². The molecule has 0 spiro atoms. The van der Waals surface area contributed by atoms with Gasteiger partial charge in [-0.2, -0.15) is 5.10 Å². The molecule has 6 nitrogen and oxygen atoms in total. The number of thiophene rings is 1. The van der Waals surface area contributed by atoms with Crippen LogP contribution in [0.2, 0.25) is 0 Å². The van der Waals surface area contributed by atoms with Crippen LogP contribution in [0.15, 0.2) is 22.6 Å². The van der Waals surface area contributed by atoms with E-state index in [-0.39, 0.29) is 17.9 Å². The van der Waals surface area contributed by atoms with Crippen molar-refractivity contribution >= 4 is 28.9 Å². The molecule has 0 aromatic carbocycles. The molecule has 2 amide bonds. The van der Waals surface area contributed by atoms with Crippen molar-refractivity contribution in [1.29, 1.82) is 0 Å². The van der Waals surface area contributed by atoms with Crippen molar-refractivity contribution in [2.24, 2.45) is 11.0 Å². The average Bonchev–Trinajstić information content (AvgIpc) is 3.11. The Balaban J connectivity index is 1.62. The minimum absolute atomic E-state index is 0.134. The fourth-order valence-electron chi connectivity index (χ4n) is 3.16. The van der Waals surface area contributed by atoms with Gasteiger partial charge >= 0.3 is 0 Å². The Morgan fingerprint density at radius 2 is 2.25 bits per heavy atom. The smallest absolute Gasteiger partial charge is 0.267 e. The van der Waals surface area contributed by atoms with E-state index >= 15 is 0 Å². The Labute approximate surface area is 146 Å². The minimum atomic E-state index is -0.179. The van der Waals surface area contributed by atoms with E-state index in [2.05, 4.69) is 45.2 Å². The van der Waals surface area contributed by atoms with Crippen molar-refractivity contribution < 1.29 is 9.59 Å². The van der Waals surface area contributed by atoms with Gasteiger partial charge in [-0.1, -0.05) is 13.0 Å². The molecule has 1 fully saturated rings. The molecule has 1 atom stereocenters. The molecule has 0 aliphatic carbocycles. The first-order valence-corrected chi connectivity index (χ1v) is 9.42. The summed E-state index contributed by atoms with van der Waals surface area (Å²) in [6.45, 7) is 5.00. The van der Waals surface area contributed by atoms with Gasteiger partial charge in [0, 0.05) is 24.3 Å². The first-order chi connectivity index (χ1) is 11.6. The zero-order valence-electron chi connectivity index (χ0n) is 14.0. The number of likely N-dealkylation sites (tertiary alicyclic amines) is 1. The lowest BCUT2D eigenvalue weighted by Gasteiger charge is -2.36. The van der Waals surface area contributed by atoms with E-state index in [1.165, 1.54) is 17.7 Å². The fourth-order valence-corrected chi connectivity index (χ4v) is 4.02. The largest absolute Gasteiger partial charge is 0.349 e. The summed E-state index contributed by atoms with van der Waals surface area (Å²) in [7, 11) is 0. The molecular weight excluding hydrogens is 324 g/mol. The predicted molar refractivity (Wildman–Crippen MR) is 94.9 cm³/mol. The molecule has 1 aromatic rings. The number of nitrogens with zero attached hydrogens (tertiary/aromatic N) is 2. The molecule has 1 aromatic heterocycles. The molecule has 0 unspecified atom stereocenters. The SMILES string of the molecule is CC1CCN([C@H](CNC(=O)C2=NNC(=O)CC2)c2cccs2)CC1. The zero-order valence-corrected chi connectivity index (χ0v) is 14.8. The van der Waals surface area contributed by atoms with E-state index in [4.69, 9.17) is 0 Å². The van der Waals surface area contributed by atoms with Gasteiger partial charge in [-0.05, 0) is 43.3 Å². The third kappa shape index (κ3) is 4.21. The molecule has 3 rings (SSSR count). The maximum atomic E-state index is 12.3. The van der Waals surface area contributed by atoms with Gasteiger partial charge in [-0.15, -0.1) is 11.3 Å². The monoisotopic (exact) mass is 348 g/mol. The molecule has 24 heavy (non-hydrogen) atoms. The molecule has 2 N–H and O–H groups in total. The number of piperidine rings is 1. The molecular formula is C17H24N4O2S. The molecule has 1 saturated heterocycles. The second-order valence-electron chi connectivity index (χ2n) is 6.55. The first kappa shape index (κ1) is 17.1. The number of hydrogen-bond acceptors (Lipinski definition) is 5. The van der Waals surface area contributed by atoms with Crippen molar-refractivity contribution in [1.82, 2.24) is 15.6 Å². The highest BCUT2D eigenvalue weighted by molar-refractivity contribution is 7.10. The van der Waals surface area contributed by atoms with Crippen LogP contribution >= 0.6 is 11.3 Å². The van der Waals surface area contributed by atoms with Crippen LogP contribution in [-0.2, 0) is 9.59 Å². The van der Waals surface area contributed by atoms with Crippen LogP contribution in [-0.4, -0.2) is 42.1 Å². The Kier molecular flexibility index (Phi) is 5.63. The summed E-state index contributed by atoms with van der Waals surface area (Å²) in [6.07, 6.45) is 3.14. The van der Waals surface area contributed by atoms with Gasteiger partial charge in [-0.25, -0.2) is 5.43 Å². The summed E-state index contributed by atoms with van der Waals surface area (Å²) >= 11 is 1.73. The van der Waals surface area contributed by atoms with E-state index in [1.54, 1.807) is 11.3 Å². The summed E-state index contributed by atoms with van der Waals surface area (Å²) in [5.41, 5.74) is 2.79. The van der Waals surface area contributed by atoms with Crippen molar-refractivity contribution in [2.75, 3.05) is 19.6 Å². The maximum Gasteiger partial charge on any atom is 0.267 e. The van der Waals surface area contributed by atoms with Crippen LogP contribution in [0.25, 0.3) is 0 Å². The highest BCUT2D eigenvalue weighted by atomic mass is 32.1. The fraction of sp³-hybridized carbons (Fsp3) is 0.588. The predicted octanol–water partition coefficient (Wildman–Crippen LogP) is 1.90. The van der Waals surface area contributed by atoms with E-state index < -0.39 is 0 Å². The lowest BCUT2D eigenvalue weighted by molar-refractivity contribution is -0.121. The Morgan fingerprint density at radius 1 is 1.46 bits per heavy atom. The van der Waals surface area contributed by atoms with Gasteiger partial charge < -0.3 is 5.32 Å². The van der Waals surface area contributed by atoms with Crippen molar-refractivity contribution in [3.8, 4) is 0 Å². The van der Waals surface area contributed by atoms with Gasteiger partial charge in [0.1, 0.15) is 5.71 Å². The second-order valence-corrected chi connectivity index (χ2v) is 7.53. The Morgan fingerprint density at radius 3 is 2.88 bits per heavy atom. The zero-order chi connectivity index (χ0) is 16.9. The second kappa shape index (κ2) is 7.90.